The van der Waals surface area contributed by atoms with Crippen LogP contribution in [0, 0.1) is 20.8 Å². The number of hydrogen-bond acceptors (Lipinski definition) is 2. The SMILES string of the molecule is Cc1cc(C)c(NC(=O)C(=Cc2ccco2)c2ccccc2)c(C)c1. The van der Waals surface area contributed by atoms with Crippen LogP contribution in [0.4, 0.5) is 5.69 Å². The molecule has 2 aromatic carbocycles. The second-order valence-corrected chi connectivity index (χ2v) is 6.17. The highest BCUT2D eigenvalue weighted by atomic mass is 16.3. The van der Waals surface area contributed by atoms with Crippen molar-refractivity contribution >= 4 is 23.2 Å². The number of rotatable bonds is 4. The van der Waals surface area contributed by atoms with Crippen molar-refractivity contribution in [1.29, 1.82) is 0 Å². The fraction of sp³-hybridized carbons (Fsp3) is 0.136. The number of benzene rings is 2. The van der Waals surface area contributed by atoms with Gasteiger partial charge in [-0.15, -0.1) is 0 Å². The lowest BCUT2D eigenvalue weighted by molar-refractivity contribution is -0.111. The van der Waals surface area contributed by atoms with E-state index in [1.165, 1.54) is 5.56 Å². The van der Waals surface area contributed by atoms with Gasteiger partial charge in [0, 0.05) is 5.69 Å². The van der Waals surface area contributed by atoms with Crippen LogP contribution >= 0.6 is 0 Å². The molecule has 3 heteroatoms. The Kier molecular flexibility index (Phi) is 4.85. The Labute approximate surface area is 148 Å². The van der Waals surface area contributed by atoms with Crippen LogP contribution in [0.5, 0.6) is 0 Å². The minimum atomic E-state index is -0.155. The molecule has 3 rings (SSSR count). The normalized spacial score (nSPS) is 11.4. The second kappa shape index (κ2) is 7.22. The molecule has 25 heavy (non-hydrogen) atoms. The Morgan fingerprint density at radius 2 is 1.64 bits per heavy atom. The Morgan fingerprint density at radius 3 is 2.24 bits per heavy atom. The molecule has 0 atom stereocenters. The van der Waals surface area contributed by atoms with Crippen molar-refractivity contribution in [3.63, 3.8) is 0 Å². The minimum absolute atomic E-state index is 0.155. The quantitative estimate of drug-likeness (QED) is 0.652. The Morgan fingerprint density at radius 1 is 0.960 bits per heavy atom. The van der Waals surface area contributed by atoms with Gasteiger partial charge in [-0.05, 0) is 55.7 Å². The highest BCUT2D eigenvalue weighted by Gasteiger charge is 2.15. The molecule has 0 unspecified atom stereocenters. The van der Waals surface area contributed by atoms with E-state index >= 15 is 0 Å². The molecular weight excluding hydrogens is 310 g/mol. The van der Waals surface area contributed by atoms with E-state index in [-0.39, 0.29) is 5.91 Å². The zero-order valence-electron chi connectivity index (χ0n) is 14.7. The van der Waals surface area contributed by atoms with Crippen LogP contribution in [-0.4, -0.2) is 5.91 Å². The number of amides is 1. The average Bonchev–Trinajstić information content (AvgIpc) is 3.09. The van der Waals surface area contributed by atoms with Crippen molar-refractivity contribution in [3.8, 4) is 0 Å². The van der Waals surface area contributed by atoms with Crippen LogP contribution in [0.2, 0.25) is 0 Å². The minimum Gasteiger partial charge on any atom is -0.465 e. The molecule has 126 valence electrons. The fourth-order valence-corrected chi connectivity index (χ4v) is 2.97. The van der Waals surface area contributed by atoms with Gasteiger partial charge in [-0.25, -0.2) is 0 Å². The van der Waals surface area contributed by atoms with Crippen molar-refractivity contribution in [2.45, 2.75) is 20.8 Å². The van der Waals surface area contributed by atoms with Gasteiger partial charge in [0.05, 0.1) is 11.8 Å². The third kappa shape index (κ3) is 3.89. The molecule has 0 saturated heterocycles. The largest absolute Gasteiger partial charge is 0.465 e. The fourth-order valence-electron chi connectivity index (χ4n) is 2.97. The molecule has 0 bridgehead atoms. The van der Waals surface area contributed by atoms with Gasteiger partial charge >= 0.3 is 0 Å². The summed E-state index contributed by atoms with van der Waals surface area (Å²) in [7, 11) is 0. The summed E-state index contributed by atoms with van der Waals surface area (Å²) < 4.78 is 5.39. The van der Waals surface area contributed by atoms with Gasteiger partial charge in [0.25, 0.3) is 5.91 Å². The topological polar surface area (TPSA) is 42.2 Å². The second-order valence-electron chi connectivity index (χ2n) is 6.17. The summed E-state index contributed by atoms with van der Waals surface area (Å²) in [6.45, 7) is 6.07. The summed E-state index contributed by atoms with van der Waals surface area (Å²) in [5.41, 5.74) is 5.56. The molecule has 0 aliphatic carbocycles. The van der Waals surface area contributed by atoms with E-state index in [9.17, 15) is 4.79 Å². The van der Waals surface area contributed by atoms with Crippen molar-refractivity contribution in [1.82, 2.24) is 0 Å². The summed E-state index contributed by atoms with van der Waals surface area (Å²) in [4.78, 5) is 13.0. The first-order valence-corrected chi connectivity index (χ1v) is 8.24. The molecule has 3 nitrogen and oxygen atoms in total. The van der Waals surface area contributed by atoms with E-state index in [0.29, 0.717) is 11.3 Å². The molecule has 1 amide bonds. The molecule has 0 spiro atoms. The maximum absolute atomic E-state index is 13.0. The van der Waals surface area contributed by atoms with Crippen molar-refractivity contribution in [3.05, 3.63) is 88.9 Å². The first-order valence-electron chi connectivity index (χ1n) is 8.24. The Balaban J connectivity index is 1.99. The van der Waals surface area contributed by atoms with Gasteiger partial charge < -0.3 is 9.73 Å². The third-order valence-corrected chi connectivity index (χ3v) is 4.07. The predicted octanol–water partition coefficient (Wildman–Crippen LogP) is 5.38. The monoisotopic (exact) mass is 331 g/mol. The maximum atomic E-state index is 13.0. The van der Waals surface area contributed by atoms with E-state index < -0.39 is 0 Å². The lowest BCUT2D eigenvalue weighted by atomic mass is 10.0. The van der Waals surface area contributed by atoms with Gasteiger partial charge in [0.2, 0.25) is 0 Å². The lowest BCUT2D eigenvalue weighted by Gasteiger charge is -2.14. The van der Waals surface area contributed by atoms with Gasteiger partial charge in [-0.3, -0.25) is 4.79 Å². The molecule has 0 fully saturated rings. The third-order valence-electron chi connectivity index (χ3n) is 4.07. The lowest BCUT2D eigenvalue weighted by Crippen LogP contribution is -2.15. The maximum Gasteiger partial charge on any atom is 0.256 e. The molecule has 1 aromatic heterocycles. The number of hydrogen-bond donors (Lipinski definition) is 1. The number of anilines is 1. The zero-order chi connectivity index (χ0) is 17.8. The van der Waals surface area contributed by atoms with Crippen LogP contribution in [0.15, 0.2) is 65.3 Å². The van der Waals surface area contributed by atoms with E-state index in [0.717, 1.165) is 22.4 Å². The zero-order valence-corrected chi connectivity index (χ0v) is 14.7. The molecule has 0 aliphatic heterocycles. The predicted molar refractivity (Wildman–Crippen MR) is 102 cm³/mol. The summed E-state index contributed by atoms with van der Waals surface area (Å²) in [6, 6.07) is 17.4. The van der Waals surface area contributed by atoms with Gasteiger partial charge in [-0.2, -0.15) is 0 Å². The van der Waals surface area contributed by atoms with Crippen molar-refractivity contribution in [2.24, 2.45) is 0 Å². The molecule has 0 aliphatic rings. The Hall–Kier alpha value is -3.07. The van der Waals surface area contributed by atoms with Crippen LogP contribution in [-0.2, 0) is 4.79 Å². The first kappa shape index (κ1) is 16.8. The van der Waals surface area contributed by atoms with E-state index in [4.69, 9.17) is 4.42 Å². The van der Waals surface area contributed by atoms with Crippen LogP contribution < -0.4 is 5.32 Å². The molecule has 1 heterocycles. The Bertz CT molecular complexity index is 883. The number of furan rings is 1. The first-order chi connectivity index (χ1) is 12.0. The summed E-state index contributed by atoms with van der Waals surface area (Å²) >= 11 is 0. The standard InChI is InChI=1S/C22H21NO2/c1-15-12-16(2)21(17(3)13-15)23-22(24)20(14-19-10-7-11-25-19)18-8-5-4-6-9-18/h4-14H,1-3H3,(H,23,24). The van der Waals surface area contributed by atoms with Crippen LogP contribution in [0.3, 0.4) is 0 Å². The summed E-state index contributed by atoms with van der Waals surface area (Å²) in [5, 5.41) is 3.07. The van der Waals surface area contributed by atoms with Crippen LogP contribution in [0.1, 0.15) is 28.0 Å². The highest BCUT2D eigenvalue weighted by molar-refractivity contribution is 6.29. The number of carbonyl (C=O) groups excluding carboxylic acids is 1. The smallest absolute Gasteiger partial charge is 0.256 e. The average molecular weight is 331 g/mol. The number of carbonyl (C=O) groups is 1. The number of nitrogens with one attached hydrogen (secondary N) is 1. The van der Waals surface area contributed by atoms with E-state index in [1.54, 1.807) is 18.4 Å². The molecule has 0 radical (unpaired) electrons. The molecule has 3 aromatic rings. The molecular formula is C22H21NO2. The number of aryl methyl sites for hydroxylation is 3. The molecule has 1 N–H and O–H groups in total. The van der Waals surface area contributed by atoms with Crippen LogP contribution in [0.25, 0.3) is 11.6 Å². The summed E-state index contributed by atoms with van der Waals surface area (Å²) in [5.74, 6) is 0.490. The van der Waals surface area contributed by atoms with Gasteiger partial charge in [-0.1, -0.05) is 48.0 Å². The summed E-state index contributed by atoms with van der Waals surface area (Å²) in [6.07, 6.45) is 3.37. The van der Waals surface area contributed by atoms with E-state index in [1.807, 2.05) is 50.2 Å². The highest BCUT2D eigenvalue weighted by Crippen LogP contribution is 2.25. The molecule has 0 saturated carbocycles. The van der Waals surface area contributed by atoms with Gasteiger partial charge in [0.15, 0.2) is 0 Å². The van der Waals surface area contributed by atoms with Crippen molar-refractivity contribution < 1.29 is 9.21 Å². The van der Waals surface area contributed by atoms with Crippen molar-refractivity contribution in [2.75, 3.05) is 5.32 Å². The van der Waals surface area contributed by atoms with E-state index in [2.05, 4.69) is 24.4 Å². The van der Waals surface area contributed by atoms with Gasteiger partial charge in [0.1, 0.15) is 5.76 Å².